The van der Waals surface area contributed by atoms with Gasteiger partial charge in [0.15, 0.2) is 0 Å². The monoisotopic (exact) mass is 344 g/mol. The predicted molar refractivity (Wildman–Crippen MR) is 100 cm³/mol. The maximum Gasteiger partial charge on any atom is 0.222 e. The van der Waals surface area contributed by atoms with Crippen LogP contribution in [0.5, 0.6) is 0 Å². The van der Waals surface area contributed by atoms with E-state index < -0.39 is 0 Å². The van der Waals surface area contributed by atoms with Gasteiger partial charge in [-0.2, -0.15) is 0 Å². The van der Waals surface area contributed by atoms with Gasteiger partial charge in [0.2, 0.25) is 5.91 Å². The Morgan fingerprint density at radius 2 is 1.67 bits per heavy atom. The fourth-order valence-electron chi connectivity index (χ4n) is 3.52. The molecule has 3 N–H and O–H groups in total. The van der Waals surface area contributed by atoms with Crippen molar-refractivity contribution in [2.75, 3.05) is 0 Å². The molecule has 0 radical (unpaired) electrons. The molecule has 4 heteroatoms. The molecule has 1 fully saturated rings. The van der Waals surface area contributed by atoms with Crippen molar-refractivity contribution in [3.05, 3.63) is 71.8 Å². The zero-order valence-corrected chi connectivity index (χ0v) is 14.5. The van der Waals surface area contributed by atoms with Gasteiger partial charge in [0.25, 0.3) is 0 Å². The fourth-order valence-corrected chi connectivity index (χ4v) is 3.52. The van der Waals surface area contributed by atoms with Crippen LogP contribution in [0.25, 0.3) is 0 Å². The fraction of sp³-hybridized carbons (Fsp3) is 0.350. The van der Waals surface area contributed by atoms with E-state index in [-0.39, 0.29) is 30.4 Å². The zero-order chi connectivity index (χ0) is 16.1. The summed E-state index contributed by atoms with van der Waals surface area (Å²) in [5.74, 6) is 0.474. The lowest BCUT2D eigenvalue weighted by Gasteiger charge is -2.22. The topological polar surface area (TPSA) is 55.1 Å². The summed E-state index contributed by atoms with van der Waals surface area (Å²) in [5, 5.41) is 3.21. The molecule has 2 aromatic rings. The molecule has 0 heterocycles. The lowest BCUT2D eigenvalue weighted by molar-refractivity contribution is -0.122. The molecule has 24 heavy (non-hydrogen) atoms. The van der Waals surface area contributed by atoms with Gasteiger partial charge in [0, 0.05) is 24.4 Å². The van der Waals surface area contributed by atoms with Crippen LogP contribution in [0.1, 0.15) is 48.8 Å². The van der Waals surface area contributed by atoms with E-state index >= 15 is 0 Å². The van der Waals surface area contributed by atoms with Crippen molar-refractivity contribution in [1.29, 1.82) is 0 Å². The van der Waals surface area contributed by atoms with Gasteiger partial charge in [-0.05, 0) is 24.0 Å². The maximum absolute atomic E-state index is 12.4. The van der Waals surface area contributed by atoms with Crippen LogP contribution >= 0.6 is 12.4 Å². The number of rotatable bonds is 5. The van der Waals surface area contributed by atoms with E-state index in [0.29, 0.717) is 12.3 Å². The van der Waals surface area contributed by atoms with Crippen molar-refractivity contribution >= 4 is 18.3 Å². The lowest BCUT2D eigenvalue weighted by Crippen LogP contribution is -2.37. The first-order valence-electron chi connectivity index (χ1n) is 8.39. The first-order valence-corrected chi connectivity index (χ1v) is 8.39. The molecule has 3 rings (SSSR count). The van der Waals surface area contributed by atoms with Gasteiger partial charge < -0.3 is 11.1 Å². The third-order valence-electron chi connectivity index (χ3n) is 4.72. The van der Waals surface area contributed by atoms with E-state index in [1.165, 1.54) is 5.56 Å². The molecule has 2 aromatic carbocycles. The largest absolute Gasteiger partial charge is 0.353 e. The van der Waals surface area contributed by atoms with Crippen molar-refractivity contribution in [2.24, 2.45) is 5.73 Å². The average molecular weight is 345 g/mol. The van der Waals surface area contributed by atoms with E-state index in [0.717, 1.165) is 24.8 Å². The Balaban J connectivity index is 0.00000208. The molecule has 0 spiro atoms. The minimum Gasteiger partial charge on any atom is -0.353 e. The van der Waals surface area contributed by atoms with E-state index in [9.17, 15) is 4.79 Å². The van der Waals surface area contributed by atoms with Crippen molar-refractivity contribution in [1.82, 2.24) is 5.32 Å². The lowest BCUT2D eigenvalue weighted by atomic mass is 9.94. The Morgan fingerprint density at radius 3 is 2.33 bits per heavy atom. The first kappa shape index (κ1) is 18.5. The summed E-state index contributed by atoms with van der Waals surface area (Å²) in [6.45, 7) is 0. The number of nitrogens with one attached hydrogen (secondary N) is 1. The Labute approximate surface area is 150 Å². The summed E-state index contributed by atoms with van der Waals surface area (Å²) < 4.78 is 0. The van der Waals surface area contributed by atoms with Crippen LogP contribution < -0.4 is 11.1 Å². The summed E-state index contributed by atoms with van der Waals surface area (Å²) in [6, 6.07) is 20.3. The minimum absolute atomic E-state index is 0. The van der Waals surface area contributed by atoms with Gasteiger partial charge in [-0.15, -0.1) is 12.4 Å². The normalized spacial score (nSPS) is 20.9. The van der Waals surface area contributed by atoms with Crippen LogP contribution in [0.15, 0.2) is 60.7 Å². The predicted octanol–water partition coefficient (Wildman–Crippen LogP) is 3.95. The van der Waals surface area contributed by atoms with Crippen LogP contribution in [-0.4, -0.2) is 11.9 Å². The summed E-state index contributed by atoms with van der Waals surface area (Å²) >= 11 is 0. The van der Waals surface area contributed by atoms with Crippen molar-refractivity contribution in [3.63, 3.8) is 0 Å². The van der Waals surface area contributed by atoms with Gasteiger partial charge >= 0.3 is 0 Å². The van der Waals surface area contributed by atoms with E-state index in [2.05, 4.69) is 29.6 Å². The van der Waals surface area contributed by atoms with Gasteiger partial charge in [-0.3, -0.25) is 4.79 Å². The Bertz CT molecular complexity index is 633. The van der Waals surface area contributed by atoms with Crippen LogP contribution in [0, 0.1) is 0 Å². The molecular formula is C20H25ClN2O. The molecule has 1 amide bonds. The summed E-state index contributed by atoms with van der Waals surface area (Å²) in [7, 11) is 0. The highest BCUT2D eigenvalue weighted by atomic mass is 35.5. The van der Waals surface area contributed by atoms with Crippen molar-refractivity contribution < 1.29 is 4.79 Å². The molecule has 3 atom stereocenters. The van der Waals surface area contributed by atoms with Crippen LogP contribution in [0.3, 0.4) is 0 Å². The second kappa shape index (κ2) is 8.86. The average Bonchev–Trinajstić information content (AvgIpc) is 3.04. The first-order chi connectivity index (χ1) is 11.2. The summed E-state index contributed by atoms with van der Waals surface area (Å²) in [5.41, 5.74) is 8.49. The number of benzene rings is 2. The van der Waals surface area contributed by atoms with Gasteiger partial charge in [-0.1, -0.05) is 67.1 Å². The summed E-state index contributed by atoms with van der Waals surface area (Å²) in [6.07, 6.45) is 3.68. The van der Waals surface area contributed by atoms with Crippen LogP contribution in [0.2, 0.25) is 0 Å². The number of hydrogen-bond donors (Lipinski definition) is 2. The van der Waals surface area contributed by atoms with Gasteiger partial charge in [-0.25, -0.2) is 0 Å². The van der Waals surface area contributed by atoms with Gasteiger partial charge in [0.05, 0.1) is 0 Å². The number of halogens is 1. The molecule has 0 aromatic heterocycles. The standard InChI is InChI=1S/C20H24N2O.ClH/c21-18(16-10-5-2-6-11-16)14-20(23)22-19-13-7-12-17(19)15-8-3-1-4-9-15;/h1-6,8-11,17-19H,7,12-14,21H2,(H,22,23);1H. The summed E-state index contributed by atoms with van der Waals surface area (Å²) in [4.78, 5) is 12.4. The number of amides is 1. The number of carbonyl (C=O) groups excluding carboxylic acids is 1. The van der Waals surface area contributed by atoms with Crippen LogP contribution in [-0.2, 0) is 4.79 Å². The number of hydrogen-bond acceptors (Lipinski definition) is 2. The third-order valence-corrected chi connectivity index (χ3v) is 4.72. The Kier molecular flexibility index (Phi) is 6.83. The van der Waals surface area contributed by atoms with Crippen molar-refractivity contribution in [2.45, 2.75) is 43.7 Å². The number of carbonyl (C=O) groups is 1. The molecule has 0 saturated heterocycles. The smallest absolute Gasteiger partial charge is 0.222 e. The molecule has 1 aliphatic carbocycles. The van der Waals surface area contributed by atoms with Crippen molar-refractivity contribution in [3.8, 4) is 0 Å². The van der Waals surface area contributed by atoms with Gasteiger partial charge in [0.1, 0.15) is 0 Å². The second-order valence-corrected chi connectivity index (χ2v) is 6.34. The third kappa shape index (κ3) is 4.59. The quantitative estimate of drug-likeness (QED) is 0.862. The molecule has 1 saturated carbocycles. The van der Waals surface area contributed by atoms with E-state index in [1.807, 2.05) is 36.4 Å². The van der Waals surface area contributed by atoms with E-state index in [1.54, 1.807) is 0 Å². The Hall–Kier alpha value is -1.84. The maximum atomic E-state index is 12.4. The molecule has 0 aliphatic heterocycles. The highest BCUT2D eigenvalue weighted by molar-refractivity contribution is 5.85. The molecular weight excluding hydrogens is 320 g/mol. The zero-order valence-electron chi connectivity index (χ0n) is 13.7. The Morgan fingerprint density at radius 1 is 1.04 bits per heavy atom. The second-order valence-electron chi connectivity index (χ2n) is 6.34. The molecule has 3 unspecified atom stereocenters. The SMILES string of the molecule is Cl.NC(CC(=O)NC1CCCC1c1ccccc1)c1ccccc1. The minimum atomic E-state index is -0.243. The highest BCUT2D eigenvalue weighted by Gasteiger charge is 2.29. The van der Waals surface area contributed by atoms with E-state index in [4.69, 9.17) is 5.73 Å². The molecule has 3 nitrogen and oxygen atoms in total. The number of nitrogens with two attached hydrogens (primary N) is 1. The highest BCUT2D eigenvalue weighted by Crippen LogP contribution is 2.34. The van der Waals surface area contributed by atoms with Crippen LogP contribution in [0.4, 0.5) is 0 Å². The molecule has 0 bridgehead atoms. The molecule has 1 aliphatic rings. The molecule has 128 valence electrons.